The van der Waals surface area contributed by atoms with E-state index in [1.54, 1.807) is 31.2 Å². The van der Waals surface area contributed by atoms with Gasteiger partial charge in [0, 0.05) is 24.2 Å². The highest BCUT2D eigenvalue weighted by Gasteiger charge is 2.13. The van der Waals surface area contributed by atoms with Crippen molar-refractivity contribution in [3.8, 4) is 0 Å². The van der Waals surface area contributed by atoms with Gasteiger partial charge in [0.1, 0.15) is 0 Å². The van der Waals surface area contributed by atoms with E-state index in [-0.39, 0.29) is 11.8 Å². The van der Waals surface area contributed by atoms with Crippen LogP contribution in [0.15, 0.2) is 24.3 Å². The molecule has 3 N–H and O–H groups in total. The maximum absolute atomic E-state index is 12.2. The van der Waals surface area contributed by atoms with E-state index in [4.69, 9.17) is 0 Å². The van der Waals surface area contributed by atoms with Crippen molar-refractivity contribution in [3.63, 3.8) is 0 Å². The zero-order chi connectivity index (χ0) is 15.8. The van der Waals surface area contributed by atoms with E-state index in [9.17, 15) is 9.59 Å². The van der Waals surface area contributed by atoms with Gasteiger partial charge in [0.2, 0.25) is 5.91 Å². The number of carbonyl (C=O) groups excluding carboxylic acids is 2. The largest absolute Gasteiger partial charge is 0.352 e. The van der Waals surface area contributed by atoms with E-state index in [0.29, 0.717) is 30.1 Å². The number of rotatable bonds is 6. The molecule has 22 heavy (non-hydrogen) atoms. The fraction of sp³-hybridized carbons (Fsp3) is 0.529. The lowest BCUT2D eigenvalue weighted by molar-refractivity contribution is -0.115. The van der Waals surface area contributed by atoms with Crippen molar-refractivity contribution in [2.24, 2.45) is 5.92 Å². The third-order valence-electron chi connectivity index (χ3n) is 3.97. The average Bonchev–Trinajstić information content (AvgIpc) is 2.56. The molecule has 1 unspecified atom stereocenters. The van der Waals surface area contributed by atoms with Gasteiger partial charge in [0.05, 0.1) is 0 Å². The minimum Gasteiger partial charge on any atom is -0.352 e. The van der Waals surface area contributed by atoms with Crippen molar-refractivity contribution < 1.29 is 9.59 Å². The predicted octanol–water partition coefficient (Wildman–Crippen LogP) is 2.15. The molecule has 1 atom stereocenters. The summed E-state index contributed by atoms with van der Waals surface area (Å²) in [6.07, 6.45) is 3.88. The van der Waals surface area contributed by atoms with Gasteiger partial charge >= 0.3 is 0 Å². The monoisotopic (exact) mass is 303 g/mol. The lowest BCUT2D eigenvalue weighted by Crippen LogP contribution is -2.33. The van der Waals surface area contributed by atoms with Gasteiger partial charge in [0.25, 0.3) is 5.91 Å². The molecule has 1 fully saturated rings. The number of nitrogens with one attached hydrogen (secondary N) is 3. The molecular formula is C17H25N3O2. The number of hydrogen-bond acceptors (Lipinski definition) is 3. The van der Waals surface area contributed by atoms with Gasteiger partial charge in [0.15, 0.2) is 0 Å². The van der Waals surface area contributed by atoms with E-state index in [1.807, 2.05) is 0 Å². The third kappa shape index (κ3) is 5.15. The predicted molar refractivity (Wildman–Crippen MR) is 87.9 cm³/mol. The van der Waals surface area contributed by atoms with Crippen molar-refractivity contribution >= 4 is 17.5 Å². The highest BCUT2D eigenvalue weighted by atomic mass is 16.2. The molecule has 5 nitrogen and oxygen atoms in total. The molecular weight excluding hydrogens is 278 g/mol. The topological polar surface area (TPSA) is 70.2 Å². The first-order valence-electron chi connectivity index (χ1n) is 8.08. The third-order valence-corrected chi connectivity index (χ3v) is 3.97. The van der Waals surface area contributed by atoms with Crippen LogP contribution in [0.2, 0.25) is 0 Å². The number of piperidine rings is 1. The Morgan fingerprint density at radius 1 is 1.36 bits per heavy atom. The Bertz CT molecular complexity index is 510. The number of carbonyl (C=O) groups is 2. The molecule has 1 aromatic rings. The lowest BCUT2D eigenvalue weighted by atomic mass is 9.96. The molecule has 0 aliphatic carbocycles. The molecule has 0 aromatic heterocycles. The van der Waals surface area contributed by atoms with Crippen LogP contribution in [-0.2, 0) is 4.79 Å². The Morgan fingerprint density at radius 3 is 2.95 bits per heavy atom. The number of amides is 2. The standard InChI is InChI=1S/C17H25N3O2/c1-2-16(21)20-15-7-3-6-14(11-15)17(22)19-10-8-13-5-4-9-18-12-13/h3,6-7,11,13,18H,2,4-5,8-10,12H2,1H3,(H,19,22)(H,20,21). The number of anilines is 1. The van der Waals surface area contributed by atoms with E-state index in [2.05, 4.69) is 16.0 Å². The van der Waals surface area contributed by atoms with Crippen LogP contribution in [0.4, 0.5) is 5.69 Å². The summed E-state index contributed by atoms with van der Waals surface area (Å²) in [5, 5.41) is 9.11. The quantitative estimate of drug-likeness (QED) is 0.754. The second kappa shape index (κ2) is 8.54. The summed E-state index contributed by atoms with van der Waals surface area (Å²) in [5.41, 5.74) is 1.24. The summed E-state index contributed by atoms with van der Waals surface area (Å²) >= 11 is 0. The van der Waals surface area contributed by atoms with Gasteiger partial charge < -0.3 is 16.0 Å². The molecule has 2 amide bonds. The van der Waals surface area contributed by atoms with Crippen LogP contribution in [0.3, 0.4) is 0 Å². The van der Waals surface area contributed by atoms with Crippen LogP contribution in [0, 0.1) is 5.92 Å². The maximum atomic E-state index is 12.2. The van der Waals surface area contributed by atoms with Crippen molar-refractivity contribution in [2.75, 3.05) is 25.0 Å². The Balaban J connectivity index is 1.81. The summed E-state index contributed by atoms with van der Waals surface area (Å²) in [6, 6.07) is 7.05. The number of hydrogen-bond donors (Lipinski definition) is 3. The van der Waals surface area contributed by atoms with Crippen LogP contribution >= 0.6 is 0 Å². The van der Waals surface area contributed by atoms with E-state index >= 15 is 0 Å². The van der Waals surface area contributed by atoms with Gasteiger partial charge in [-0.1, -0.05) is 13.0 Å². The first-order chi connectivity index (χ1) is 10.7. The smallest absolute Gasteiger partial charge is 0.251 e. The van der Waals surface area contributed by atoms with Gasteiger partial charge in [-0.3, -0.25) is 9.59 Å². The second-order valence-electron chi connectivity index (χ2n) is 5.74. The zero-order valence-corrected chi connectivity index (χ0v) is 13.2. The summed E-state index contributed by atoms with van der Waals surface area (Å²) in [6.45, 7) is 4.65. The molecule has 0 radical (unpaired) electrons. The molecule has 1 aliphatic rings. The molecule has 0 bridgehead atoms. The molecule has 0 saturated carbocycles. The Labute approximate surface area is 131 Å². The van der Waals surface area contributed by atoms with Crippen molar-refractivity contribution in [2.45, 2.75) is 32.6 Å². The molecule has 120 valence electrons. The van der Waals surface area contributed by atoms with Gasteiger partial charge in [-0.25, -0.2) is 0 Å². The molecule has 1 saturated heterocycles. The van der Waals surface area contributed by atoms with Crippen molar-refractivity contribution in [1.82, 2.24) is 10.6 Å². The van der Waals surface area contributed by atoms with E-state index in [1.165, 1.54) is 12.8 Å². The molecule has 2 rings (SSSR count). The normalized spacial score (nSPS) is 17.8. The van der Waals surface area contributed by atoms with Crippen LogP contribution in [0.1, 0.15) is 43.0 Å². The van der Waals surface area contributed by atoms with E-state index in [0.717, 1.165) is 19.5 Å². The SMILES string of the molecule is CCC(=O)Nc1cccc(C(=O)NCCC2CCCNC2)c1. The lowest BCUT2D eigenvalue weighted by Gasteiger charge is -2.22. The van der Waals surface area contributed by atoms with Crippen molar-refractivity contribution in [3.05, 3.63) is 29.8 Å². The Morgan fingerprint density at radius 2 is 2.23 bits per heavy atom. The first-order valence-corrected chi connectivity index (χ1v) is 8.08. The fourth-order valence-corrected chi connectivity index (χ4v) is 2.65. The highest BCUT2D eigenvalue weighted by molar-refractivity contribution is 5.97. The second-order valence-corrected chi connectivity index (χ2v) is 5.74. The highest BCUT2D eigenvalue weighted by Crippen LogP contribution is 2.14. The summed E-state index contributed by atoms with van der Waals surface area (Å²) < 4.78 is 0. The Kier molecular flexibility index (Phi) is 6.40. The zero-order valence-electron chi connectivity index (χ0n) is 13.2. The molecule has 1 aliphatic heterocycles. The van der Waals surface area contributed by atoms with Gasteiger partial charge in [-0.15, -0.1) is 0 Å². The molecule has 0 spiro atoms. The Hall–Kier alpha value is -1.88. The van der Waals surface area contributed by atoms with E-state index < -0.39 is 0 Å². The maximum Gasteiger partial charge on any atom is 0.251 e. The molecule has 1 heterocycles. The number of benzene rings is 1. The van der Waals surface area contributed by atoms with Crippen LogP contribution in [0.25, 0.3) is 0 Å². The summed E-state index contributed by atoms with van der Waals surface area (Å²) in [4.78, 5) is 23.5. The van der Waals surface area contributed by atoms with Gasteiger partial charge in [-0.2, -0.15) is 0 Å². The van der Waals surface area contributed by atoms with Crippen LogP contribution in [-0.4, -0.2) is 31.4 Å². The average molecular weight is 303 g/mol. The summed E-state index contributed by atoms with van der Waals surface area (Å²) in [7, 11) is 0. The fourth-order valence-electron chi connectivity index (χ4n) is 2.65. The van der Waals surface area contributed by atoms with Crippen LogP contribution in [0.5, 0.6) is 0 Å². The van der Waals surface area contributed by atoms with Crippen molar-refractivity contribution in [1.29, 1.82) is 0 Å². The van der Waals surface area contributed by atoms with Gasteiger partial charge in [-0.05, 0) is 56.5 Å². The minimum atomic E-state index is -0.0867. The first kappa shape index (κ1) is 16.5. The molecule has 5 heteroatoms. The summed E-state index contributed by atoms with van der Waals surface area (Å²) in [5.74, 6) is 0.517. The molecule has 1 aromatic carbocycles. The van der Waals surface area contributed by atoms with Crippen LogP contribution < -0.4 is 16.0 Å². The minimum absolute atomic E-state index is 0.0534.